The number of benzene rings is 1. The van der Waals surface area contributed by atoms with Gasteiger partial charge in [-0.05, 0) is 79.2 Å². The Hall–Kier alpha value is -0.130. The molecular formula is C14H21IN2. The van der Waals surface area contributed by atoms with Gasteiger partial charge >= 0.3 is 0 Å². The fourth-order valence-corrected chi connectivity index (χ4v) is 2.85. The molecule has 2 nitrogen and oxygen atoms in total. The summed E-state index contributed by atoms with van der Waals surface area (Å²) < 4.78 is 1.31. The molecule has 1 unspecified atom stereocenters. The van der Waals surface area contributed by atoms with Gasteiger partial charge in [-0.25, -0.2) is 0 Å². The van der Waals surface area contributed by atoms with Crippen molar-refractivity contribution in [2.24, 2.45) is 5.92 Å². The maximum Gasteiger partial charge on any atom is 0.0230 e. The summed E-state index contributed by atoms with van der Waals surface area (Å²) in [6.07, 6.45) is 2.71. The first-order valence-corrected chi connectivity index (χ1v) is 7.45. The van der Waals surface area contributed by atoms with Gasteiger partial charge in [0.05, 0.1) is 0 Å². The van der Waals surface area contributed by atoms with Crippen LogP contribution in [-0.2, 0) is 6.54 Å². The molecule has 0 aromatic heterocycles. The van der Waals surface area contributed by atoms with Crippen molar-refractivity contribution < 1.29 is 0 Å². The van der Waals surface area contributed by atoms with Gasteiger partial charge in [-0.3, -0.25) is 0 Å². The Morgan fingerprint density at radius 2 is 2.12 bits per heavy atom. The van der Waals surface area contributed by atoms with Crippen LogP contribution in [0.15, 0.2) is 24.3 Å². The lowest BCUT2D eigenvalue weighted by Gasteiger charge is -2.27. The second-order valence-electron chi connectivity index (χ2n) is 5.04. The Bertz CT molecular complexity index is 331. The minimum absolute atomic E-state index is 0.831. The molecule has 1 aliphatic heterocycles. The second kappa shape index (κ2) is 6.71. The zero-order valence-electron chi connectivity index (χ0n) is 10.5. The standard InChI is InChI=1S/C14H21IN2/c1-17(11-13-3-2-8-16-9-13)10-12-4-6-14(15)7-5-12/h4-7,13,16H,2-3,8-11H2,1H3. The molecule has 1 heterocycles. The molecular weight excluding hydrogens is 323 g/mol. The number of halogens is 1. The molecule has 1 aromatic carbocycles. The van der Waals surface area contributed by atoms with Crippen LogP contribution in [0.2, 0.25) is 0 Å². The predicted molar refractivity (Wildman–Crippen MR) is 81.1 cm³/mol. The summed E-state index contributed by atoms with van der Waals surface area (Å²) in [4.78, 5) is 2.44. The molecule has 1 saturated heterocycles. The molecule has 0 aliphatic carbocycles. The third-order valence-corrected chi connectivity index (χ3v) is 4.05. The van der Waals surface area contributed by atoms with Crippen LogP contribution in [0.5, 0.6) is 0 Å². The Kier molecular flexibility index (Phi) is 5.25. The average molecular weight is 344 g/mol. The van der Waals surface area contributed by atoms with Crippen molar-refractivity contribution in [1.29, 1.82) is 0 Å². The summed E-state index contributed by atoms with van der Waals surface area (Å²) in [7, 11) is 2.23. The number of hydrogen-bond acceptors (Lipinski definition) is 2. The highest BCUT2D eigenvalue weighted by Crippen LogP contribution is 2.13. The van der Waals surface area contributed by atoms with Gasteiger partial charge in [-0.2, -0.15) is 0 Å². The van der Waals surface area contributed by atoms with Crippen LogP contribution < -0.4 is 5.32 Å². The third kappa shape index (κ3) is 4.56. The van der Waals surface area contributed by atoms with Crippen LogP contribution >= 0.6 is 22.6 Å². The van der Waals surface area contributed by atoms with E-state index in [9.17, 15) is 0 Å². The lowest BCUT2D eigenvalue weighted by atomic mass is 9.99. The molecule has 17 heavy (non-hydrogen) atoms. The van der Waals surface area contributed by atoms with E-state index in [-0.39, 0.29) is 0 Å². The molecule has 1 atom stereocenters. The van der Waals surface area contributed by atoms with E-state index in [4.69, 9.17) is 0 Å². The predicted octanol–water partition coefficient (Wildman–Crippen LogP) is 2.72. The van der Waals surface area contributed by atoms with Gasteiger partial charge in [-0.15, -0.1) is 0 Å². The fourth-order valence-electron chi connectivity index (χ4n) is 2.49. The second-order valence-corrected chi connectivity index (χ2v) is 6.28. The molecule has 0 spiro atoms. The Labute approximate surface area is 118 Å². The van der Waals surface area contributed by atoms with E-state index in [0.717, 1.165) is 12.5 Å². The monoisotopic (exact) mass is 344 g/mol. The number of nitrogens with one attached hydrogen (secondary N) is 1. The first-order valence-electron chi connectivity index (χ1n) is 6.38. The van der Waals surface area contributed by atoms with Gasteiger partial charge < -0.3 is 10.2 Å². The van der Waals surface area contributed by atoms with E-state index in [1.54, 1.807) is 0 Å². The maximum absolute atomic E-state index is 3.48. The SMILES string of the molecule is CN(Cc1ccc(I)cc1)CC1CCCNC1. The number of nitrogens with zero attached hydrogens (tertiary/aromatic N) is 1. The quantitative estimate of drug-likeness (QED) is 0.845. The van der Waals surface area contributed by atoms with Crippen LogP contribution in [0.25, 0.3) is 0 Å². The lowest BCUT2D eigenvalue weighted by Crippen LogP contribution is -2.36. The van der Waals surface area contributed by atoms with Gasteiger partial charge in [0, 0.05) is 16.7 Å². The van der Waals surface area contributed by atoms with E-state index in [1.165, 1.54) is 41.6 Å². The normalized spacial score (nSPS) is 20.8. The Balaban J connectivity index is 1.79. The first-order chi connectivity index (χ1) is 8.24. The maximum atomic E-state index is 3.48. The summed E-state index contributed by atoms with van der Waals surface area (Å²) in [5.41, 5.74) is 1.41. The lowest BCUT2D eigenvalue weighted by molar-refractivity contribution is 0.237. The summed E-state index contributed by atoms with van der Waals surface area (Å²) >= 11 is 2.35. The van der Waals surface area contributed by atoms with Crippen molar-refractivity contribution in [3.05, 3.63) is 33.4 Å². The molecule has 3 heteroatoms. The van der Waals surface area contributed by atoms with Crippen molar-refractivity contribution in [3.8, 4) is 0 Å². The molecule has 1 N–H and O–H groups in total. The summed E-state index contributed by atoms with van der Waals surface area (Å²) in [6.45, 7) is 4.67. The summed E-state index contributed by atoms with van der Waals surface area (Å²) in [5, 5.41) is 3.48. The molecule has 0 radical (unpaired) electrons. The average Bonchev–Trinajstić information content (AvgIpc) is 2.33. The number of rotatable bonds is 4. The van der Waals surface area contributed by atoms with Gasteiger partial charge in [-0.1, -0.05) is 12.1 Å². The third-order valence-electron chi connectivity index (χ3n) is 3.33. The largest absolute Gasteiger partial charge is 0.316 e. The van der Waals surface area contributed by atoms with Crippen molar-refractivity contribution >= 4 is 22.6 Å². The van der Waals surface area contributed by atoms with Crippen LogP contribution in [0.4, 0.5) is 0 Å². The van der Waals surface area contributed by atoms with Crippen LogP contribution in [0, 0.1) is 9.49 Å². The Morgan fingerprint density at radius 1 is 1.35 bits per heavy atom. The molecule has 2 rings (SSSR count). The highest BCUT2D eigenvalue weighted by Gasteiger charge is 2.14. The molecule has 0 amide bonds. The fraction of sp³-hybridized carbons (Fsp3) is 0.571. The van der Waals surface area contributed by atoms with Gasteiger partial charge in [0.25, 0.3) is 0 Å². The number of piperidine rings is 1. The summed E-state index contributed by atoms with van der Waals surface area (Å²) in [5.74, 6) is 0.831. The Morgan fingerprint density at radius 3 is 2.76 bits per heavy atom. The van der Waals surface area contributed by atoms with Crippen molar-refractivity contribution in [2.75, 3.05) is 26.7 Å². The zero-order chi connectivity index (χ0) is 12.1. The van der Waals surface area contributed by atoms with Crippen LogP contribution in [0.3, 0.4) is 0 Å². The van der Waals surface area contributed by atoms with Crippen LogP contribution in [-0.4, -0.2) is 31.6 Å². The van der Waals surface area contributed by atoms with E-state index in [2.05, 4.69) is 64.1 Å². The van der Waals surface area contributed by atoms with E-state index in [0.29, 0.717) is 0 Å². The molecule has 1 aliphatic rings. The summed E-state index contributed by atoms with van der Waals surface area (Å²) in [6, 6.07) is 8.84. The van der Waals surface area contributed by atoms with E-state index in [1.807, 2.05) is 0 Å². The molecule has 1 aromatic rings. The van der Waals surface area contributed by atoms with Crippen molar-refractivity contribution in [1.82, 2.24) is 10.2 Å². The smallest absolute Gasteiger partial charge is 0.0230 e. The first kappa shape index (κ1) is 13.3. The van der Waals surface area contributed by atoms with E-state index >= 15 is 0 Å². The van der Waals surface area contributed by atoms with Gasteiger partial charge in [0.15, 0.2) is 0 Å². The minimum atomic E-state index is 0.831. The van der Waals surface area contributed by atoms with E-state index < -0.39 is 0 Å². The van der Waals surface area contributed by atoms with Crippen molar-refractivity contribution in [2.45, 2.75) is 19.4 Å². The van der Waals surface area contributed by atoms with Crippen LogP contribution in [0.1, 0.15) is 18.4 Å². The highest BCUT2D eigenvalue weighted by atomic mass is 127. The number of hydrogen-bond donors (Lipinski definition) is 1. The van der Waals surface area contributed by atoms with Gasteiger partial charge in [0.1, 0.15) is 0 Å². The van der Waals surface area contributed by atoms with Crippen molar-refractivity contribution in [3.63, 3.8) is 0 Å². The molecule has 1 fully saturated rings. The topological polar surface area (TPSA) is 15.3 Å². The molecule has 94 valence electrons. The zero-order valence-corrected chi connectivity index (χ0v) is 12.6. The highest BCUT2D eigenvalue weighted by molar-refractivity contribution is 14.1. The van der Waals surface area contributed by atoms with Gasteiger partial charge in [0.2, 0.25) is 0 Å². The molecule has 0 saturated carbocycles. The molecule has 0 bridgehead atoms. The minimum Gasteiger partial charge on any atom is -0.316 e.